The number of carbonyl (C=O) groups excluding carboxylic acids is 2. The van der Waals surface area contributed by atoms with E-state index in [9.17, 15) is 35.5 Å². The van der Waals surface area contributed by atoms with E-state index in [1.165, 1.54) is 55.6 Å². The van der Waals surface area contributed by atoms with Crippen LogP contribution >= 0.6 is 0 Å². The van der Waals surface area contributed by atoms with E-state index in [0.29, 0.717) is 11.1 Å². The number of carbonyl (C=O) groups is 2. The summed E-state index contributed by atoms with van der Waals surface area (Å²) in [5.41, 5.74) is 0.668. The Bertz CT molecular complexity index is 1500. The largest absolute Gasteiger partial charge is 0.355 e. The van der Waals surface area contributed by atoms with Crippen molar-refractivity contribution in [2.45, 2.75) is 16.7 Å². The van der Waals surface area contributed by atoms with E-state index in [1.54, 1.807) is 6.92 Å². The highest BCUT2D eigenvalue weighted by molar-refractivity contribution is 7.86. The second-order valence-electron chi connectivity index (χ2n) is 7.27. The van der Waals surface area contributed by atoms with E-state index in [1.807, 2.05) is 0 Å². The number of benzene rings is 3. The molecule has 3 aromatic rings. The fourth-order valence-corrected chi connectivity index (χ4v) is 4.74. The lowest BCUT2D eigenvalue weighted by Gasteiger charge is -2.14. The van der Waals surface area contributed by atoms with Crippen molar-refractivity contribution < 1.29 is 35.5 Å². The Kier molecular flexibility index (Phi) is 6.89. The van der Waals surface area contributed by atoms with Crippen molar-refractivity contribution in [2.75, 3.05) is 12.4 Å². The van der Waals surface area contributed by atoms with Gasteiger partial charge in [0, 0.05) is 35.0 Å². The Balaban J connectivity index is 2.03. The van der Waals surface area contributed by atoms with Crippen LogP contribution in [0.1, 0.15) is 26.3 Å². The van der Waals surface area contributed by atoms with Crippen LogP contribution in [0, 0.1) is 6.92 Å². The van der Waals surface area contributed by atoms with Crippen molar-refractivity contribution in [3.05, 3.63) is 77.4 Å². The van der Waals surface area contributed by atoms with Gasteiger partial charge in [0.1, 0.15) is 9.79 Å². The molecule has 0 aromatic heterocycles. The summed E-state index contributed by atoms with van der Waals surface area (Å²) in [5, 5.41) is 4.94. The van der Waals surface area contributed by atoms with Crippen LogP contribution in [0.25, 0.3) is 11.1 Å². The maximum Gasteiger partial charge on any atom is 0.295 e. The molecule has 0 aliphatic rings. The molecule has 0 spiro atoms. The lowest BCUT2D eigenvalue weighted by Crippen LogP contribution is -2.18. The number of hydrogen-bond donors (Lipinski definition) is 4. The van der Waals surface area contributed by atoms with E-state index >= 15 is 0 Å². The van der Waals surface area contributed by atoms with Crippen LogP contribution in [-0.4, -0.2) is 44.8 Å². The molecule has 0 bridgehead atoms. The Labute approximate surface area is 196 Å². The Hall–Kier alpha value is -3.58. The lowest BCUT2D eigenvalue weighted by molar-refractivity contribution is 0.0961. The summed E-state index contributed by atoms with van der Waals surface area (Å²) < 4.78 is 67.3. The van der Waals surface area contributed by atoms with E-state index in [4.69, 9.17) is 0 Å². The van der Waals surface area contributed by atoms with Crippen LogP contribution in [0.2, 0.25) is 0 Å². The van der Waals surface area contributed by atoms with Gasteiger partial charge in [0.15, 0.2) is 0 Å². The van der Waals surface area contributed by atoms with Gasteiger partial charge in [-0.1, -0.05) is 18.2 Å². The molecular weight excluding hydrogens is 484 g/mol. The first-order valence-electron chi connectivity index (χ1n) is 9.65. The number of rotatable bonds is 6. The SMILES string of the molecule is CNC(=O)c1ccc(C(=O)Nc2ccc(-c3ccc(C)cc3S(=O)(=O)O)c(S(=O)(=O)O)c2)cc1. The fourth-order valence-electron chi connectivity index (χ4n) is 3.22. The highest BCUT2D eigenvalue weighted by Gasteiger charge is 2.24. The average Bonchev–Trinajstić information content (AvgIpc) is 2.77. The Morgan fingerprint density at radius 3 is 1.68 bits per heavy atom. The number of aryl methyl sites for hydroxylation is 1. The predicted octanol–water partition coefficient (Wildman–Crippen LogP) is 2.77. The van der Waals surface area contributed by atoms with Crippen LogP contribution in [0.5, 0.6) is 0 Å². The van der Waals surface area contributed by atoms with Gasteiger partial charge in [-0.25, -0.2) is 0 Å². The monoisotopic (exact) mass is 504 g/mol. The summed E-state index contributed by atoms with van der Waals surface area (Å²) >= 11 is 0. The standard InChI is InChI=1S/C22H20N2O8S2/c1-13-3-9-17(19(11-13)33(27,28)29)18-10-8-16(12-20(18)34(30,31)32)24-22(26)15-6-4-14(5-7-15)21(25)23-2/h3-12H,1-2H3,(H,23,25)(H,24,26)(H,27,28,29)(H,30,31,32). The third kappa shape index (κ3) is 5.48. The van der Waals surface area contributed by atoms with Gasteiger partial charge in [-0.3, -0.25) is 18.7 Å². The molecule has 0 saturated heterocycles. The van der Waals surface area contributed by atoms with Gasteiger partial charge in [0.05, 0.1) is 0 Å². The minimum absolute atomic E-state index is 0.00253. The van der Waals surface area contributed by atoms with Crippen molar-refractivity contribution in [3.8, 4) is 11.1 Å². The van der Waals surface area contributed by atoms with Gasteiger partial charge in [0.25, 0.3) is 32.1 Å². The van der Waals surface area contributed by atoms with E-state index in [0.717, 1.165) is 12.1 Å². The molecule has 10 nitrogen and oxygen atoms in total. The maximum absolute atomic E-state index is 12.6. The normalized spacial score (nSPS) is 11.6. The van der Waals surface area contributed by atoms with E-state index < -0.39 is 35.9 Å². The van der Waals surface area contributed by atoms with Crippen LogP contribution in [0.15, 0.2) is 70.5 Å². The van der Waals surface area contributed by atoms with Crippen molar-refractivity contribution in [3.63, 3.8) is 0 Å². The average molecular weight is 505 g/mol. The molecule has 0 aliphatic carbocycles. The van der Waals surface area contributed by atoms with Gasteiger partial charge >= 0.3 is 0 Å². The molecule has 2 amide bonds. The molecule has 0 saturated carbocycles. The minimum atomic E-state index is -4.87. The Morgan fingerprint density at radius 2 is 1.18 bits per heavy atom. The molecule has 0 atom stereocenters. The number of hydrogen-bond acceptors (Lipinski definition) is 6. The topological polar surface area (TPSA) is 167 Å². The van der Waals surface area contributed by atoms with Gasteiger partial charge in [-0.15, -0.1) is 0 Å². The zero-order valence-electron chi connectivity index (χ0n) is 17.9. The summed E-state index contributed by atoms with van der Waals surface area (Å²) in [6.45, 7) is 1.59. The van der Waals surface area contributed by atoms with Gasteiger partial charge in [-0.2, -0.15) is 16.8 Å². The summed E-state index contributed by atoms with van der Waals surface area (Å²) in [6, 6.07) is 13.1. The molecular formula is C22H20N2O8S2. The van der Waals surface area contributed by atoms with Crippen LogP contribution in [0.3, 0.4) is 0 Å². The smallest absolute Gasteiger partial charge is 0.295 e. The highest BCUT2D eigenvalue weighted by Crippen LogP contribution is 2.34. The summed E-state index contributed by atoms with van der Waals surface area (Å²) in [5.74, 6) is -0.952. The number of nitrogens with one attached hydrogen (secondary N) is 2. The van der Waals surface area contributed by atoms with E-state index in [2.05, 4.69) is 10.6 Å². The van der Waals surface area contributed by atoms with Gasteiger partial charge in [0.2, 0.25) is 0 Å². The van der Waals surface area contributed by atoms with Crippen LogP contribution in [-0.2, 0) is 20.2 Å². The molecule has 0 heterocycles. The molecule has 3 aromatic carbocycles. The molecule has 0 radical (unpaired) electrons. The first kappa shape index (κ1) is 25.1. The molecule has 0 unspecified atom stereocenters. The van der Waals surface area contributed by atoms with Gasteiger partial charge in [-0.05, 0) is 55.0 Å². The number of anilines is 1. The maximum atomic E-state index is 12.6. The van der Waals surface area contributed by atoms with Crippen LogP contribution in [0.4, 0.5) is 5.69 Å². The zero-order chi connectivity index (χ0) is 25.3. The summed E-state index contributed by atoms with van der Waals surface area (Å²) in [7, 11) is -8.12. The van der Waals surface area contributed by atoms with Crippen molar-refractivity contribution in [2.24, 2.45) is 0 Å². The zero-order valence-corrected chi connectivity index (χ0v) is 19.6. The molecule has 178 valence electrons. The predicted molar refractivity (Wildman–Crippen MR) is 124 cm³/mol. The van der Waals surface area contributed by atoms with Crippen molar-refractivity contribution in [1.82, 2.24) is 5.32 Å². The number of amides is 2. The minimum Gasteiger partial charge on any atom is -0.355 e. The lowest BCUT2D eigenvalue weighted by atomic mass is 10.0. The second-order valence-corrected chi connectivity index (χ2v) is 10.1. The molecule has 4 N–H and O–H groups in total. The quantitative estimate of drug-likeness (QED) is 0.372. The molecule has 0 aliphatic heterocycles. The summed E-state index contributed by atoms with van der Waals surface area (Å²) in [6.07, 6.45) is 0. The summed E-state index contributed by atoms with van der Waals surface area (Å²) in [4.78, 5) is 23.0. The van der Waals surface area contributed by atoms with Crippen molar-refractivity contribution in [1.29, 1.82) is 0 Å². The third-order valence-electron chi connectivity index (χ3n) is 4.86. The van der Waals surface area contributed by atoms with Gasteiger partial charge < -0.3 is 10.6 Å². The highest BCUT2D eigenvalue weighted by atomic mass is 32.2. The van der Waals surface area contributed by atoms with Crippen molar-refractivity contribution >= 4 is 37.7 Å². The first-order valence-corrected chi connectivity index (χ1v) is 12.5. The van der Waals surface area contributed by atoms with Crippen LogP contribution < -0.4 is 10.6 Å². The first-order chi connectivity index (χ1) is 15.8. The Morgan fingerprint density at radius 1 is 0.706 bits per heavy atom. The second kappa shape index (κ2) is 9.35. The molecule has 34 heavy (non-hydrogen) atoms. The molecule has 0 fully saturated rings. The fraction of sp³-hybridized carbons (Fsp3) is 0.0909. The third-order valence-corrected chi connectivity index (χ3v) is 6.65. The molecule has 12 heteroatoms. The molecule has 3 rings (SSSR count). The van der Waals surface area contributed by atoms with E-state index in [-0.39, 0.29) is 28.3 Å².